The highest BCUT2D eigenvalue weighted by Crippen LogP contribution is 2.40. The summed E-state index contributed by atoms with van der Waals surface area (Å²) in [4.78, 5) is 26.4. The molecule has 6 nitrogen and oxygen atoms in total. The van der Waals surface area contributed by atoms with Crippen LogP contribution in [0.15, 0.2) is 22.5 Å². The molecule has 0 amide bonds. The molecule has 2 aliphatic heterocycles. The maximum Gasteiger partial charge on any atom is 0.338 e. The summed E-state index contributed by atoms with van der Waals surface area (Å²) in [6, 6.07) is 0. The SMILES string of the molecule is CCOC(=O)C1=C(C)NC=C(Cl)C1(C)N1CCC(C(=O)OC)CC1. The molecule has 0 radical (unpaired) electrons. The third kappa shape index (κ3) is 3.30. The largest absolute Gasteiger partial charge is 0.469 e. The van der Waals surface area contributed by atoms with Crippen molar-refractivity contribution in [3.8, 4) is 0 Å². The third-order valence-electron chi connectivity index (χ3n) is 4.88. The van der Waals surface area contributed by atoms with Crippen LogP contribution in [0.25, 0.3) is 0 Å². The second-order valence-corrected chi connectivity index (χ2v) is 6.62. The van der Waals surface area contributed by atoms with Crippen molar-refractivity contribution in [2.75, 3.05) is 26.8 Å². The van der Waals surface area contributed by atoms with E-state index < -0.39 is 5.54 Å². The van der Waals surface area contributed by atoms with Gasteiger partial charge in [-0.25, -0.2) is 4.79 Å². The molecule has 7 heteroatoms. The molecule has 0 spiro atoms. The van der Waals surface area contributed by atoms with Gasteiger partial charge in [0.2, 0.25) is 0 Å². The van der Waals surface area contributed by atoms with E-state index in [2.05, 4.69) is 10.2 Å². The maximum atomic E-state index is 12.5. The number of allylic oxidation sites excluding steroid dienone is 1. The number of nitrogens with zero attached hydrogens (tertiary/aromatic N) is 1. The Morgan fingerprint density at radius 1 is 1.42 bits per heavy atom. The molecular formula is C17H25ClN2O4. The number of likely N-dealkylation sites (tertiary alicyclic amines) is 1. The van der Waals surface area contributed by atoms with Crippen molar-refractivity contribution in [2.24, 2.45) is 5.92 Å². The topological polar surface area (TPSA) is 67.9 Å². The first-order valence-corrected chi connectivity index (χ1v) is 8.58. The fourth-order valence-corrected chi connectivity index (χ4v) is 3.73. The normalized spacial score (nSPS) is 25.8. The number of halogens is 1. The summed E-state index contributed by atoms with van der Waals surface area (Å²) in [5, 5.41) is 3.57. The fraction of sp³-hybridized carbons (Fsp3) is 0.647. The van der Waals surface area contributed by atoms with Crippen LogP contribution < -0.4 is 5.32 Å². The van der Waals surface area contributed by atoms with Gasteiger partial charge in [-0.1, -0.05) is 11.6 Å². The zero-order valence-corrected chi connectivity index (χ0v) is 15.4. The minimum Gasteiger partial charge on any atom is -0.469 e. The van der Waals surface area contributed by atoms with E-state index in [0.29, 0.717) is 43.1 Å². The highest BCUT2D eigenvalue weighted by Gasteiger charge is 2.47. The van der Waals surface area contributed by atoms with Gasteiger partial charge in [0.25, 0.3) is 0 Å². The smallest absolute Gasteiger partial charge is 0.338 e. The zero-order chi connectivity index (χ0) is 17.9. The Labute approximate surface area is 147 Å². The van der Waals surface area contributed by atoms with E-state index in [4.69, 9.17) is 21.1 Å². The van der Waals surface area contributed by atoms with Gasteiger partial charge in [0.05, 0.1) is 35.8 Å². The van der Waals surface area contributed by atoms with Gasteiger partial charge in [0.1, 0.15) is 0 Å². The Bertz CT molecular complexity index is 579. The molecule has 1 saturated heterocycles. The van der Waals surface area contributed by atoms with E-state index in [0.717, 1.165) is 5.70 Å². The van der Waals surface area contributed by atoms with Crippen molar-refractivity contribution in [1.29, 1.82) is 0 Å². The third-order valence-corrected chi connectivity index (χ3v) is 5.36. The lowest BCUT2D eigenvalue weighted by molar-refractivity contribution is -0.148. The van der Waals surface area contributed by atoms with Crippen molar-refractivity contribution >= 4 is 23.5 Å². The summed E-state index contributed by atoms with van der Waals surface area (Å²) in [7, 11) is 1.41. The fourth-order valence-electron chi connectivity index (χ4n) is 3.46. The number of esters is 2. The highest BCUT2D eigenvalue weighted by molar-refractivity contribution is 6.31. The number of hydrogen-bond donors (Lipinski definition) is 1. The molecule has 2 heterocycles. The van der Waals surface area contributed by atoms with Crippen LogP contribution in [0.4, 0.5) is 0 Å². The summed E-state index contributed by atoms with van der Waals surface area (Å²) in [5.41, 5.74) is 0.494. The molecule has 1 fully saturated rings. The number of ether oxygens (including phenoxy) is 2. The highest BCUT2D eigenvalue weighted by atomic mass is 35.5. The molecular weight excluding hydrogens is 332 g/mol. The first-order valence-electron chi connectivity index (χ1n) is 8.20. The molecule has 0 aromatic carbocycles. The Kier molecular flexibility index (Phi) is 5.93. The molecule has 0 aliphatic carbocycles. The van der Waals surface area contributed by atoms with E-state index in [9.17, 15) is 9.59 Å². The Morgan fingerprint density at radius 2 is 2.04 bits per heavy atom. The summed E-state index contributed by atoms with van der Waals surface area (Å²) in [6.45, 7) is 7.15. The quantitative estimate of drug-likeness (QED) is 0.778. The molecule has 0 saturated carbocycles. The van der Waals surface area contributed by atoms with Gasteiger partial charge < -0.3 is 14.8 Å². The van der Waals surface area contributed by atoms with Crippen molar-refractivity contribution in [1.82, 2.24) is 10.2 Å². The van der Waals surface area contributed by atoms with Crippen LogP contribution in [0.5, 0.6) is 0 Å². The number of methoxy groups -OCH3 is 1. The van der Waals surface area contributed by atoms with Crippen molar-refractivity contribution in [2.45, 2.75) is 39.2 Å². The monoisotopic (exact) mass is 356 g/mol. The summed E-state index contributed by atoms with van der Waals surface area (Å²) in [5.74, 6) is -0.647. The van der Waals surface area contributed by atoms with Gasteiger partial charge in [-0.15, -0.1) is 0 Å². The van der Waals surface area contributed by atoms with Gasteiger partial charge in [0.15, 0.2) is 0 Å². The van der Waals surface area contributed by atoms with Crippen LogP contribution in [0.2, 0.25) is 0 Å². The van der Waals surface area contributed by atoms with Crippen LogP contribution >= 0.6 is 11.6 Å². The molecule has 0 bridgehead atoms. The maximum absolute atomic E-state index is 12.5. The van der Waals surface area contributed by atoms with Crippen molar-refractivity contribution in [3.05, 3.63) is 22.5 Å². The number of piperidine rings is 1. The average molecular weight is 357 g/mol. The van der Waals surface area contributed by atoms with Gasteiger partial charge in [-0.2, -0.15) is 0 Å². The number of rotatable bonds is 4. The Hall–Kier alpha value is -1.53. The number of hydrogen-bond acceptors (Lipinski definition) is 6. The summed E-state index contributed by atoms with van der Waals surface area (Å²) >= 11 is 6.51. The molecule has 134 valence electrons. The zero-order valence-electron chi connectivity index (χ0n) is 14.6. The molecule has 0 aromatic heterocycles. The van der Waals surface area contributed by atoms with Gasteiger partial charge >= 0.3 is 11.9 Å². The van der Waals surface area contributed by atoms with Crippen LogP contribution in [-0.4, -0.2) is 49.2 Å². The Morgan fingerprint density at radius 3 is 2.58 bits per heavy atom. The first-order chi connectivity index (χ1) is 11.4. The van der Waals surface area contributed by atoms with E-state index >= 15 is 0 Å². The number of carbonyl (C=O) groups excluding carboxylic acids is 2. The van der Waals surface area contributed by atoms with Crippen LogP contribution in [-0.2, 0) is 19.1 Å². The molecule has 24 heavy (non-hydrogen) atoms. The van der Waals surface area contributed by atoms with Gasteiger partial charge in [0, 0.05) is 25.0 Å². The molecule has 2 aliphatic rings. The second-order valence-electron chi connectivity index (χ2n) is 6.21. The van der Waals surface area contributed by atoms with E-state index in [1.165, 1.54) is 7.11 Å². The molecule has 1 atom stereocenters. The van der Waals surface area contributed by atoms with Crippen molar-refractivity contribution in [3.63, 3.8) is 0 Å². The van der Waals surface area contributed by atoms with Gasteiger partial charge in [-0.05, 0) is 33.6 Å². The van der Waals surface area contributed by atoms with E-state index in [1.54, 1.807) is 13.1 Å². The molecule has 1 unspecified atom stereocenters. The lowest BCUT2D eigenvalue weighted by Gasteiger charge is -2.46. The molecule has 2 rings (SSSR count). The lowest BCUT2D eigenvalue weighted by atomic mass is 9.83. The molecule has 1 N–H and O–H groups in total. The summed E-state index contributed by atoms with van der Waals surface area (Å²) in [6.07, 6.45) is 3.07. The van der Waals surface area contributed by atoms with E-state index in [1.807, 2.05) is 13.8 Å². The predicted octanol–water partition coefficient (Wildman–Crippen LogP) is 2.15. The number of carbonyl (C=O) groups is 2. The van der Waals surface area contributed by atoms with Gasteiger partial charge in [-0.3, -0.25) is 9.69 Å². The number of nitrogens with one attached hydrogen (secondary N) is 1. The minimum atomic E-state index is -0.760. The minimum absolute atomic E-state index is 0.101. The van der Waals surface area contributed by atoms with E-state index in [-0.39, 0.29) is 17.9 Å². The van der Waals surface area contributed by atoms with Crippen LogP contribution in [0, 0.1) is 5.92 Å². The van der Waals surface area contributed by atoms with Crippen LogP contribution in [0.3, 0.4) is 0 Å². The summed E-state index contributed by atoms with van der Waals surface area (Å²) < 4.78 is 10.1. The first kappa shape index (κ1) is 18.8. The van der Waals surface area contributed by atoms with Crippen LogP contribution in [0.1, 0.15) is 33.6 Å². The lowest BCUT2D eigenvalue weighted by Crippen LogP contribution is -2.56. The standard InChI is InChI=1S/C17H25ClN2O4/c1-5-24-16(22)14-11(2)19-10-13(18)17(14,3)20-8-6-12(7-9-20)15(21)23-4/h10,12,19H,5-9H2,1-4H3. The molecule has 0 aromatic rings. The average Bonchev–Trinajstić information content (AvgIpc) is 2.58. The predicted molar refractivity (Wildman–Crippen MR) is 91.1 cm³/mol. The van der Waals surface area contributed by atoms with Crippen molar-refractivity contribution < 1.29 is 19.1 Å². The Balaban J connectivity index is 2.27. The number of dihydropyridines is 1. The second kappa shape index (κ2) is 7.57.